The Hall–Kier alpha value is -0.770. The molecule has 3 nitrogen and oxygen atoms in total. The molecule has 0 radical (unpaired) electrons. The van der Waals surface area contributed by atoms with E-state index in [9.17, 15) is 4.79 Å². The summed E-state index contributed by atoms with van der Waals surface area (Å²) in [6.45, 7) is 9.55. The monoisotopic (exact) mass is 330 g/mol. The number of hydrogen-bond donors (Lipinski definition) is 1. The zero-order valence-electron chi connectivity index (χ0n) is 13.0. The molecule has 0 heterocycles. The molecule has 21 heavy (non-hydrogen) atoms. The van der Waals surface area contributed by atoms with Gasteiger partial charge in [0, 0.05) is 21.7 Å². The lowest BCUT2D eigenvalue weighted by atomic mass is 10.1. The number of amides is 1. The van der Waals surface area contributed by atoms with Crippen LogP contribution in [0.25, 0.3) is 0 Å². The third kappa shape index (κ3) is 6.68. The largest absolute Gasteiger partial charge is 0.350 e. The zero-order chi connectivity index (χ0) is 15.8. The van der Waals surface area contributed by atoms with Gasteiger partial charge in [0.15, 0.2) is 0 Å². The number of carbonyl (C=O) groups excluding carboxylic acids is 1. The maximum absolute atomic E-state index is 12.1. The molecular formula is C16H24Cl2N2O. The Labute approximate surface area is 137 Å². The van der Waals surface area contributed by atoms with Gasteiger partial charge in [-0.25, -0.2) is 0 Å². The van der Waals surface area contributed by atoms with E-state index in [4.69, 9.17) is 23.2 Å². The smallest absolute Gasteiger partial charge is 0.251 e. The number of benzene rings is 1. The van der Waals surface area contributed by atoms with E-state index in [1.54, 1.807) is 18.2 Å². The molecule has 0 aromatic heterocycles. The van der Waals surface area contributed by atoms with Crippen LogP contribution in [0.4, 0.5) is 0 Å². The van der Waals surface area contributed by atoms with Crippen molar-refractivity contribution in [1.29, 1.82) is 0 Å². The Morgan fingerprint density at radius 2 is 1.76 bits per heavy atom. The van der Waals surface area contributed by atoms with Crippen molar-refractivity contribution in [2.45, 2.75) is 39.7 Å². The Balaban J connectivity index is 2.43. The number of halogens is 2. The first-order valence-electron chi connectivity index (χ1n) is 7.45. The van der Waals surface area contributed by atoms with Crippen LogP contribution in [0.5, 0.6) is 0 Å². The highest BCUT2D eigenvalue weighted by atomic mass is 35.5. The fraction of sp³-hybridized carbons (Fsp3) is 0.562. The van der Waals surface area contributed by atoms with Gasteiger partial charge in [0.05, 0.1) is 0 Å². The van der Waals surface area contributed by atoms with Crippen molar-refractivity contribution in [3.8, 4) is 0 Å². The molecule has 0 saturated heterocycles. The molecule has 1 aromatic rings. The van der Waals surface area contributed by atoms with Gasteiger partial charge < -0.3 is 10.2 Å². The molecule has 118 valence electrons. The van der Waals surface area contributed by atoms with E-state index in [1.165, 1.54) is 0 Å². The van der Waals surface area contributed by atoms with Crippen LogP contribution in [0.2, 0.25) is 10.0 Å². The van der Waals surface area contributed by atoms with E-state index >= 15 is 0 Å². The normalized spacial score (nSPS) is 12.5. The first-order chi connectivity index (χ1) is 9.96. The van der Waals surface area contributed by atoms with Crippen LogP contribution in [0, 0.1) is 0 Å². The Bertz CT molecular complexity index is 441. The average molecular weight is 331 g/mol. The number of rotatable bonds is 8. The highest BCUT2D eigenvalue weighted by molar-refractivity contribution is 6.35. The maximum Gasteiger partial charge on any atom is 0.251 e. The molecule has 0 fully saturated rings. The summed E-state index contributed by atoms with van der Waals surface area (Å²) in [6.07, 6.45) is 2.02. The fourth-order valence-corrected chi connectivity index (χ4v) is 2.75. The highest BCUT2D eigenvalue weighted by Crippen LogP contribution is 2.19. The molecule has 0 saturated carbocycles. The third-order valence-corrected chi connectivity index (χ3v) is 3.94. The Kier molecular flexibility index (Phi) is 8.09. The second-order valence-corrected chi connectivity index (χ2v) is 6.07. The number of nitrogens with zero attached hydrogens (tertiary/aromatic N) is 1. The summed E-state index contributed by atoms with van der Waals surface area (Å²) in [7, 11) is 0. The van der Waals surface area contributed by atoms with Crippen molar-refractivity contribution in [2.24, 2.45) is 0 Å². The van der Waals surface area contributed by atoms with Crippen LogP contribution in [-0.2, 0) is 0 Å². The van der Waals surface area contributed by atoms with Gasteiger partial charge in [-0.2, -0.15) is 0 Å². The van der Waals surface area contributed by atoms with Crippen molar-refractivity contribution in [2.75, 3.05) is 19.6 Å². The second-order valence-electron chi connectivity index (χ2n) is 5.20. The van der Waals surface area contributed by atoms with E-state index in [1.807, 2.05) is 6.92 Å². The van der Waals surface area contributed by atoms with Crippen molar-refractivity contribution in [3.63, 3.8) is 0 Å². The van der Waals surface area contributed by atoms with E-state index in [2.05, 4.69) is 24.1 Å². The lowest BCUT2D eigenvalue weighted by Crippen LogP contribution is -2.33. The molecule has 0 bridgehead atoms. The number of hydrogen-bond acceptors (Lipinski definition) is 2. The lowest BCUT2D eigenvalue weighted by Gasteiger charge is -2.19. The summed E-state index contributed by atoms with van der Waals surface area (Å²) in [5.74, 6) is -0.130. The van der Waals surface area contributed by atoms with Crippen LogP contribution in [-0.4, -0.2) is 36.5 Å². The topological polar surface area (TPSA) is 32.3 Å². The molecule has 1 amide bonds. The number of carbonyl (C=O) groups is 1. The van der Waals surface area contributed by atoms with Crippen molar-refractivity contribution in [1.82, 2.24) is 10.2 Å². The van der Waals surface area contributed by atoms with Gasteiger partial charge in [-0.15, -0.1) is 0 Å². The van der Waals surface area contributed by atoms with Crippen molar-refractivity contribution < 1.29 is 4.79 Å². The van der Waals surface area contributed by atoms with Crippen LogP contribution in [0.1, 0.15) is 44.0 Å². The van der Waals surface area contributed by atoms with E-state index in [0.717, 1.165) is 32.5 Å². The summed E-state index contributed by atoms with van der Waals surface area (Å²) in [6, 6.07) is 5.01. The molecule has 1 atom stereocenters. The Morgan fingerprint density at radius 1 is 1.19 bits per heavy atom. The van der Waals surface area contributed by atoms with Crippen LogP contribution in [0.3, 0.4) is 0 Å². The molecular weight excluding hydrogens is 307 g/mol. The molecule has 0 aliphatic rings. The standard InChI is InChI=1S/C16H24Cl2N2O/c1-4-20(5-2)8-6-7-12(3)19-16(21)13-9-14(17)11-15(18)10-13/h9-12H,4-8H2,1-3H3,(H,19,21). The minimum atomic E-state index is -0.130. The molecule has 0 aliphatic heterocycles. The van der Waals surface area contributed by atoms with Crippen molar-refractivity contribution >= 4 is 29.1 Å². The maximum atomic E-state index is 12.1. The average Bonchev–Trinajstić information content (AvgIpc) is 2.42. The second kappa shape index (κ2) is 9.29. The van der Waals surface area contributed by atoms with Gasteiger partial charge in [-0.1, -0.05) is 37.0 Å². The van der Waals surface area contributed by atoms with Crippen LogP contribution >= 0.6 is 23.2 Å². The summed E-state index contributed by atoms with van der Waals surface area (Å²) >= 11 is 11.8. The predicted molar refractivity (Wildman–Crippen MR) is 90.4 cm³/mol. The van der Waals surface area contributed by atoms with Crippen molar-refractivity contribution in [3.05, 3.63) is 33.8 Å². The van der Waals surface area contributed by atoms with E-state index < -0.39 is 0 Å². The minimum absolute atomic E-state index is 0.130. The van der Waals surface area contributed by atoms with Crippen LogP contribution in [0.15, 0.2) is 18.2 Å². The van der Waals surface area contributed by atoms with Gasteiger partial charge in [-0.05, 0) is 57.6 Å². The summed E-state index contributed by atoms with van der Waals surface area (Å²) in [5, 5.41) is 3.93. The summed E-state index contributed by atoms with van der Waals surface area (Å²) < 4.78 is 0. The predicted octanol–water partition coefficient (Wildman–Crippen LogP) is 4.23. The Morgan fingerprint density at radius 3 is 2.29 bits per heavy atom. The molecule has 1 unspecified atom stereocenters. The first kappa shape index (κ1) is 18.3. The lowest BCUT2D eigenvalue weighted by molar-refractivity contribution is 0.0937. The summed E-state index contributed by atoms with van der Waals surface area (Å²) in [5.41, 5.74) is 0.503. The summed E-state index contributed by atoms with van der Waals surface area (Å²) in [4.78, 5) is 14.5. The fourth-order valence-electron chi connectivity index (χ4n) is 2.23. The van der Waals surface area contributed by atoms with E-state index in [-0.39, 0.29) is 11.9 Å². The van der Waals surface area contributed by atoms with Gasteiger partial charge in [0.1, 0.15) is 0 Å². The van der Waals surface area contributed by atoms with Crippen LogP contribution < -0.4 is 5.32 Å². The van der Waals surface area contributed by atoms with Gasteiger partial charge in [0.2, 0.25) is 0 Å². The van der Waals surface area contributed by atoms with Gasteiger partial charge in [0.25, 0.3) is 5.91 Å². The number of nitrogens with one attached hydrogen (secondary N) is 1. The third-order valence-electron chi connectivity index (χ3n) is 3.51. The molecule has 0 spiro atoms. The minimum Gasteiger partial charge on any atom is -0.350 e. The van der Waals surface area contributed by atoms with Gasteiger partial charge in [-0.3, -0.25) is 4.79 Å². The first-order valence-corrected chi connectivity index (χ1v) is 8.21. The quantitative estimate of drug-likeness (QED) is 0.773. The van der Waals surface area contributed by atoms with Gasteiger partial charge >= 0.3 is 0 Å². The zero-order valence-corrected chi connectivity index (χ0v) is 14.5. The highest BCUT2D eigenvalue weighted by Gasteiger charge is 2.11. The molecule has 1 rings (SSSR count). The van der Waals surface area contributed by atoms with E-state index in [0.29, 0.717) is 15.6 Å². The SMILES string of the molecule is CCN(CC)CCCC(C)NC(=O)c1cc(Cl)cc(Cl)c1. The molecule has 1 aromatic carbocycles. The molecule has 0 aliphatic carbocycles. The molecule has 1 N–H and O–H groups in total. The molecule has 5 heteroatoms.